The van der Waals surface area contributed by atoms with E-state index in [1.807, 2.05) is 58.7 Å². The molecule has 0 saturated heterocycles. The molecule has 0 fully saturated rings. The summed E-state index contributed by atoms with van der Waals surface area (Å²) in [5, 5.41) is 9.67. The van der Waals surface area contributed by atoms with Crippen molar-refractivity contribution >= 4 is 40.0 Å². The third kappa shape index (κ3) is 3.62. The lowest BCUT2D eigenvalue weighted by molar-refractivity contribution is -0.118. The molecule has 2 atom stereocenters. The zero-order valence-electron chi connectivity index (χ0n) is 19.1. The van der Waals surface area contributed by atoms with E-state index in [1.54, 1.807) is 4.57 Å². The minimum absolute atomic E-state index is 0.0535. The quantitative estimate of drug-likeness (QED) is 0.400. The van der Waals surface area contributed by atoms with Gasteiger partial charge in [0.1, 0.15) is 0 Å². The normalized spacial score (nSPS) is 16.5. The van der Waals surface area contributed by atoms with Gasteiger partial charge in [-0.1, -0.05) is 55.4 Å². The molecule has 1 aliphatic heterocycles. The Kier molecular flexibility index (Phi) is 5.70. The molecule has 0 spiro atoms. The number of unbranched alkanes of at least 4 members (excludes halogenated alkanes) is 1. The van der Waals surface area contributed by atoms with Crippen LogP contribution >= 0.6 is 11.8 Å². The van der Waals surface area contributed by atoms with E-state index in [2.05, 4.69) is 30.1 Å². The van der Waals surface area contributed by atoms with Gasteiger partial charge in [0.2, 0.25) is 11.7 Å². The molecule has 4 aromatic rings. The molecule has 170 valence electrons. The molecule has 3 heterocycles. The molecule has 8 heteroatoms. The van der Waals surface area contributed by atoms with Gasteiger partial charge in [-0.25, -0.2) is 0 Å². The standard InChI is InChI=1S/C25H27N5O2S/c1-4-5-14-28-23(32)19-11-7-9-13-21(19)30-24(28)26-27-25(30)33-17(3)22(31)29-16(2)15-18-10-6-8-12-20(18)29/h6-13,16-17H,4-5,14-15H2,1-3H3. The minimum Gasteiger partial charge on any atom is -0.308 e. The first-order valence-electron chi connectivity index (χ1n) is 11.5. The number of aromatic nitrogens is 4. The van der Waals surface area contributed by atoms with Crippen molar-refractivity contribution < 1.29 is 4.79 Å². The summed E-state index contributed by atoms with van der Waals surface area (Å²) in [6, 6.07) is 15.7. The molecule has 0 aliphatic carbocycles. The third-order valence-electron chi connectivity index (χ3n) is 6.29. The summed E-state index contributed by atoms with van der Waals surface area (Å²) in [6.45, 7) is 6.68. The summed E-state index contributed by atoms with van der Waals surface area (Å²) in [5.41, 5.74) is 2.90. The Balaban J connectivity index is 1.54. The molecule has 1 aliphatic rings. The van der Waals surface area contributed by atoms with Crippen LogP contribution in [-0.4, -0.2) is 36.4 Å². The Morgan fingerprint density at radius 2 is 1.91 bits per heavy atom. The number of rotatable bonds is 6. The lowest BCUT2D eigenvalue weighted by atomic mass is 10.1. The van der Waals surface area contributed by atoms with E-state index in [9.17, 15) is 9.59 Å². The lowest BCUT2D eigenvalue weighted by Gasteiger charge is -2.25. The number of thioether (sulfide) groups is 1. The number of benzene rings is 2. The smallest absolute Gasteiger partial charge is 0.262 e. The Labute approximate surface area is 196 Å². The van der Waals surface area contributed by atoms with Crippen molar-refractivity contribution in [3.05, 3.63) is 64.4 Å². The zero-order valence-corrected chi connectivity index (χ0v) is 19.9. The Morgan fingerprint density at radius 3 is 2.73 bits per heavy atom. The van der Waals surface area contributed by atoms with Gasteiger partial charge in [-0.15, -0.1) is 10.2 Å². The highest BCUT2D eigenvalue weighted by atomic mass is 32.2. The van der Waals surface area contributed by atoms with Crippen LogP contribution in [-0.2, 0) is 17.8 Å². The van der Waals surface area contributed by atoms with Gasteiger partial charge in [-0.3, -0.25) is 18.6 Å². The van der Waals surface area contributed by atoms with Crippen molar-refractivity contribution in [2.24, 2.45) is 0 Å². The van der Waals surface area contributed by atoms with E-state index in [0.29, 0.717) is 22.9 Å². The first kappa shape index (κ1) is 21.7. The minimum atomic E-state index is -0.360. The van der Waals surface area contributed by atoms with Gasteiger partial charge < -0.3 is 4.90 Å². The second kappa shape index (κ2) is 8.67. The van der Waals surface area contributed by atoms with E-state index in [-0.39, 0.29) is 22.8 Å². The van der Waals surface area contributed by atoms with Gasteiger partial charge in [-0.2, -0.15) is 0 Å². The second-order valence-electron chi connectivity index (χ2n) is 8.60. The highest BCUT2D eigenvalue weighted by Gasteiger charge is 2.34. The molecule has 0 saturated carbocycles. The van der Waals surface area contributed by atoms with Crippen LogP contribution in [0.2, 0.25) is 0 Å². The average Bonchev–Trinajstić information content (AvgIpc) is 3.38. The topological polar surface area (TPSA) is 72.5 Å². The molecule has 1 amide bonds. The summed E-state index contributed by atoms with van der Waals surface area (Å²) in [7, 11) is 0. The van der Waals surface area contributed by atoms with Crippen LogP contribution in [0.25, 0.3) is 16.7 Å². The molecular weight excluding hydrogens is 434 g/mol. The molecule has 0 N–H and O–H groups in total. The number of nitrogens with zero attached hydrogens (tertiary/aromatic N) is 5. The first-order chi connectivity index (χ1) is 16.0. The number of para-hydroxylation sites is 2. The average molecular weight is 462 g/mol. The summed E-state index contributed by atoms with van der Waals surface area (Å²) in [4.78, 5) is 28.5. The van der Waals surface area contributed by atoms with Crippen molar-refractivity contribution in [3.8, 4) is 0 Å². The van der Waals surface area contributed by atoms with E-state index >= 15 is 0 Å². The second-order valence-corrected chi connectivity index (χ2v) is 9.90. The number of carbonyl (C=O) groups is 1. The van der Waals surface area contributed by atoms with E-state index < -0.39 is 0 Å². The molecule has 0 bridgehead atoms. The lowest BCUT2D eigenvalue weighted by Crippen LogP contribution is -2.40. The number of carbonyl (C=O) groups excluding carboxylic acids is 1. The Bertz CT molecular complexity index is 1410. The molecule has 0 radical (unpaired) electrons. The summed E-state index contributed by atoms with van der Waals surface area (Å²) < 4.78 is 3.62. The summed E-state index contributed by atoms with van der Waals surface area (Å²) >= 11 is 1.39. The van der Waals surface area contributed by atoms with Crippen molar-refractivity contribution in [3.63, 3.8) is 0 Å². The van der Waals surface area contributed by atoms with Gasteiger partial charge in [0, 0.05) is 18.3 Å². The fourth-order valence-corrected chi connectivity index (χ4v) is 5.54. The first-order valence-corrected chi connectivity index (χ1v) is 12.3. The molecule has 5 rings (SSSR count). The van der Waals surface area contributed by atoms with Gasteiger partial charge in [0.15, 0.2) is 5.16 Å². The summed E-state index contributed by atoms with van der Waals surface area (Å²) in [5.74, 6) is 0.576. The van der Waals surface area contributed by atoms with Gasteiger partial charge in [-0.05, 0) is 50.5 Å². The predicted molar refractivity (Wildman–Crippen MR) is 132 cm³/mol. The Morgan fingerprint density at radius 1 is 1.15 bits per heavy atom. The fraction of sp³-hybridized carbons (Fsp3) is 0.360. The maximum atomic E-state index is 13.5. The highest BCUT2D eigenvalue weighted by Crippen LogP contribution is 2.35. The van der Waals surface area contributed by atoms with Gasteiger partial charge in [0.25, 0.3) is 5.56 Å². The van der Waals surface area contributed by atoms with Crippen molar-refractivity contribution in [1.29, 1.82) is 0 Å². The van der Waals surface area contributed by atoms with Crippen LogP contribution in [0.1, 0.15) is 39.2 Å². The molecule has 7 nitrogen and oxygen atoms in total. The van der Waals surface area contributed by atoms with Crippen molar-refractivity contribution in [1.82, 2.24) is 19.2 Å². The zero-order chi connectivity index (χ0) is 23.1. The number of aryl methyl sites for hydroxylation is 1. The van der Waals surface area contributed by atoms with E-state index in [4.69, 9.17) is 0 Å². The van der Waals surface area contributed by atoms with Crippen LogP contribution in [0.3, 0.4) is 0 Å². The SMILES string of the molecule is CCCCn1c(=O)c2ccccc2n2c(SC(C)C(=O)N3c4ccccc4CC3C)nnc12. The van der Waals surface area contributed by atoms with Crippen LogP contribution in [0.5, 0.6) is 0 Å². The van der Waals surface area contributed by atoms with Crippen LogP contribution in [0, 0.1) is 0 Å². The van der Waals surface area contributed by atoms with E-state index in [1.165, 1.54) is 17.3 Å². The largest absolute Gasteiger partial charge is 0.308 e. The van der Waals surface area contributed by atoms with Crippen molar-refractivity contribution in [2.45, 2.75) is 63.0 Å². The number of hydrogen-bond donors (Lipinski definition) is 0. The molecule has 33 heavy (non-hydrogen) atoms. The van der Waals surface area contributed by atoms with Gasteiger partial charge >= 0.3 is 0 Å². The van der Waals surface area contributed by atoms with Crippen molar-refractivity contribution in [2.75, 3.05) is 4.90 Å². The number of fused-ring (bicyclic) bond motifs is 4. The molecular formula is C25H27N5O2S. The number of hydrogen-bond acceptors (Lipinski definition) is 5. The van der Waals surface area contributed by atoms with Crippen LogP contribution in [0.15, 0.2) is 58.5 Å². The fourth-order valence-electron chi connectivity index (χ4n) is 4.63. The highest BCUT2D eigenvalue weighted by molar-refractivity contribution is 8.00. The molecule has 2 aromatic heterocycles. The monoisotopic (exact) mass is 461 g/mol. The molecule has 2 aromatic carbocycles. The van der Waals surface area contributed by atoms with Gasteiger partial charge in [0.05, 0.1) is 16.2 Å². The predicted octanol–water partition coefficient (Wildman–Crippen LogP) is 4.30. The van der Waals surface area contributed by atoms with E-state index in [0.717, 1.165) is 30.5 Å². The number of anilines is 1. The maximum absolute atomic E-state index is 13.5. The third-order valence-corrected chi connectivity index (χ3v) is 7.32. The van der Waals surface area contributed by atoms with Crippen LogP contribution in [0.4, 0.5) is 5.69 Å². The van der Waals surface area contributed by atoms with Crippen LogP contribution < -0.4 is 10.5 Å². The maximum Gasteiger partial charge on any atom is 0.262 e. The number of amides is 1. The Hall–Kier alpha value is -3.13. The summed E-state index contributed by atoms with van der Waals surface area (Å²) in [6.07, 6.45) is 2.72. The molecule has 2 unspecified atom stereocenters.